The van der Waals surface area contributed by atoms with Gasteiger partial charge in [0.25, 0.3) is 5.91 Å². The van der Waals surface area contributed by atoms with E-state index in [9.17, 15) is 14.7 Å². The maximum Gasteiger partial charge on any atom is 0.336 e. The number of benzene rings is 3. The number of rotatable bonds is 4. The number of aromatic carboxylic acids is 1. The molecule has 0 heterocycles. The van der Waals surface area contributed by atoms with Gasteiger partial charge in [0.05, 0.1) is 16.3 Å². The number of carbonyl (C=O) groups excluding carboxylic acids is 1. The number of carboxylic acids is 1. The topological polar surface area (TPSA) is 66.4 Å². The Balaban J connectivity index is 2.04. The van der Waals surface area contributed by atoms with Crippen molar-refractivity contribution in [3.63, 3.8) is 0 Å². The van der Waals surface area contributed by atoms with Crippen LogP contribution in [0.5, 0.6) is 0 Å². The molecule has 0 saturated carbocycles. The van der Waals surface area contributed by atoms with Crippen LogP contribution < -0.4 is 5.32 Å². The Kier molecular flexibility index (Phi) is 4.82. The van der Waals surface area contributed by atoms with E-state index in [0.29, 0.717) is 27.4 Å². The molecule has 0 spiro atoms. The lowest BCUT2D eigenvalue weighted by molar-refractivity contribution is 0.0697. The first-order valence-corrected chi connectivity index (χ1v) is 7.93. The van der Waals surface area contributed by atoms with Crippen molar-refractivity contribution in [2.75, 3.05) is 5.32 Å². The van der Waals surface area contributed by atoms with E-state index in [1.54, 1.807) is 66.7 Å². The highest BCUT2D eigenvalue weighted by molar-refractivity contribution is 6.34. The van der Waals surface area contributed by atoms with Crippen molar-refractivity contribution in [3.05, 3.63) is 88.9 Å². The Morgan fingerprint density at radius 3 is 1.92 bits per heavy atom. The fraction of sp³-hybridized carbons (Fsp3) is 0. The number of hydrogen-bond acceptors (Lipinski definition) is 2. The molecule has 0 aliphatic heterocycles. The summed E-state index contributed by atoms with van der Waals surface area (Å²) in [6, 6.07) is 20.4. The van der Waals surface area contributed by atoms with Crippen LogP contribution in [0.1, 0.15) is 20.7 Å². The molecule has 1 amide bonds. The second-order valence-electron chi connectivity index (χ2n) is 5.33. The van der Waals surface area contributed by atoms with E-state index in [0.717, 1.165) is 0 Å². The molecule has 0 aliphatic rings. The van der Waals surface area contributed by atoms with E-state index < -0.39 is 5.97 Å². The van der Waals surface area contributed by atoms with Gasteiger partial charge in [-0.2, -0.15) is 0 Å². The van der Waals surface area contributed by atoms with E-state index in [1.165, 1.54) is 6.07 Å². The molecule has 124 valence electrons. The molecule has 0 aliphatic carbocycles. The van der Waals surface area contributed by atoms with Gasteiger partial charge in [0.1, 0.15) is 0 Å². The highest BCUT2D eigenvalue weighted by Crippen LogP contribution is 2.29. The van der Waals surface area contributed by atoms with Gasteiger partial charge in [0.2, 0.25) is 0 Å². The van der Waals surface area contributed by atoms with Gasteiger partial charge in [-0.05, 0) is 35.4 Å². The molecule has 0 unspecified atom stereocenters. The summed E-state index contributed by atoms with van der Waals surface area (Å²) in [7, 11) is 0. The SMILES string of the molecule is O=C(O)c1ccccc1-c1ccccc1C(=O)Nc1ccccc1Cl. The molecule has 0 fully saturated rings. The van der Waals surface area contributed by atoms with Crippen LogP contribution in [-0.2, 0) is 0 Å². The van der Waals surface area contributed by atoms with Crippen LogP contribution in [0, 0.1) is 0 Å². The van der Waals surface area contributed by atoms with Crippen LogP contribution in [0.15, 0.2) is 72.8 Å². The Bertz CT molecular complexity index is 953. The number of halogens is 1. The summed E-state index contributed by atoms with van der Waals surface area (Å²) in [5.41, 5.74) is 2.04. The first-order valence-electron chi connectivity index (χ1n) is 7.55. The van der Waals surface area contributed by atoms with E-state index in [2.05, 4.69) is 5.32 Å². The third-order valence-electron chi connectivity index (χ3n) is 3.74. The molecule has 5 heteroatoms. The van der Waals surface area contributed by atoms with Crippen LogP contribution in [0.4, 0.5) is 5.69 Å². The van der Waals surface area contributed by atoms with E-state index in [4.69, 9.17) is 11.6 Å². The van der Waals surface area contributed by atoms with E-state index in [1.807, 2.05) is 0 Å². The van der Waals surface area contributed by atoms with Crippen molar-refractivity contribution in [1.29, 1.82) is 0 Å². The van der Waals surface area contributed by atoms with Gasteiger partial charge in [-0.3, -0.25) is 4.79 Å². The molecule has 0 saturated heterocycles. The minimum atomic E-state index is -1.04. The number of para-hydroxylation sites is 1. The predicted molar refractivity (Wildman–Crippen MR) is 98.2 cm³/mol. The third-order valence-corrected chi connectivity index (χ3v) is 4.07. The fourth-order valence-corrected chi connectivity index (χ4v) is 2.76. The molecule has 4 nitrogen and oxygen atoms in total. The van der Waals surface area contributed by atoms with Crippen molar-refractivity contribution in [2.24, 2.45) is 0 Å². The summed E-state index contributed by atoms with van der Waals surface area (Å²) in [5.74, 6) is -1.40. The number of carboxylic acid groups (broad SMARTS) is 1. The second kappa shape index (κ2) is 7.20. The largest absolute Gasteiger partial charge is 0.478 e. The first-order chi connectivity index (χ1) is 12.1. The average Bonchev–Trinajstić information content (AvgIpc) is 2.63. The van der Waals surface area contributed by atoms with E-state index >= 15 is 0 Å². The second-order valence-corrected chi connectivity index (χ2v) is 5.74. The number of carbonyl (C=O) groups is 2. The summed E-state index contributed by atoms with van der Waals surface area (Å²) in [5, 5.41) is 12.6. The molecule has 3 rings (SSSR count). The molecular formula is C20H14ClNO3. The molecule has 3 aromatic carbocycles. The Hall–Kier alpha value is -3.11. The van der Waals surface area contributed by atoms with Crippen molar-refractivity contribution in [3.8, 4) is 11.1 Å². The number of nitrogens with one attached hydrogen (secondary N) is 1. The van der Waals surface area contributed by atoms with Crippen LogP contribution in [-0.4, -0.2) is 17.0 Å². The fourth-order valence-electron chi connectivity index (χ4n) is 2.57. The molecular weight excluding hydrogens is 338 g/mol. The van der Waals surface area contributed by atoms with Gasteiger partial charge in [-0.15, -0.1) is 0 Å². The highest BCUT2D eigenvalue weighted by Gasteiger charge is 2.18. The lowest BCUT2D eigenvalue weighted by atomic mass is 9.95. The average molecular weight is 352 g/mol. The summed E-state index contributed by atoms with van der Waals surface area (Å²) < 4.78 is 0. The first kappa shape index (κ1) is 16.7. The molecule has 25 heavy (non-hydrogen) atoms. The number of amides is 1. The lowest BCUT2D eigenvalue weighted by Gasteiger charge is -2.13. The zero-order chi connectivity index (χ0) is 17.8. The maximum absolute atomic E-state index is 12.7. The number of anilines is 1. The van der Waals surface area contributed by atoms with Gasteiger partial charge < -0.3 is 10.4 Å². The quantitative estimate of drug-likeness (QED) is 0.698. The van der Waals surface area contributed by atoms with Crippen LogP contribution in [0.3, 0.4) is 0 Å². The summed E-state index contributed by atoms with van der Waals surface area (Å²) >= 11 is 6.09. The van der Waals surface area contributed by atoms with Gasteiger partial charge in [-0.1, -0.05) is 60.1 Å². The summed E-state index contributed by atoms with van der Waals surface area (Å²) in [6.07, 6.45) is 0. The predicted octanol–water partition coefficient (Wildman–Crippen LogP) is 4.96. The highest BCUT2D eigenvalue weighted by atomic mass is 35.5. The van der Waals surface area contributed by atoms with Gasteiger partial charge in [0, 0.05) is 5.56 Å². The van der Waals surface area contributed by atoms with E-state index in [-0.39, 0.29) is 11.5 Å². The van der Waals surface area contributed by atoms with Crippen LogP contribution in [0.25, 0.3) is 11.1 Å². The Labute approximate surface area is 149 Å². The molecule has 2 N–H and O–H groups in total. The van der Waals surface area contributed by atoms with Crippen molar-refractivity contribution in [1.82, 2.24) is 0 Å². The Morgan fingerprint density at radius 1 is 0.760 bits per heavy atom. The van der Waals surface area contributed by atoms with Crippen molar-refractivity contribution < 1.29 is 14.7 Å². The minimum Gasteiger partial charge on any atom is -0.478 e. The zero-order valence-electron chi connectivity index (χ0n) is 13.1. The molecule has 0 bridgehead atoms. The lowest BCUT2D eigenvalue weighted by Crippen LogP contribution is -2.14. The zero-order valence-corrected chi connectivity index (χ0v) is 13.8. The molecule has 0 radical (unpaired) electrons. The monoisotopic (exact) mass is 351 g/mol. The standard InChI is InChI=1S/C20H14ClNO3/c21-17-11-5-6-12-18(17)22-19(23)15-9-3-1-7-13(15)14-8-2-4-10-16(14)20(24)25/h1-12H,(H,22,23)(H,24,25). The van der Waals surface area contributed by atoms with Crippen LogP contribution >= 0.6 is 11.6 Å². The smallest absolute Gasteiger partial charge is 0.336 e. The summed E-state index contributed by atoms with van der Waals surface area (Å²) in [4.78, 5) is 24.2. The Morgan fingerprint density at radius 2 is 1.28 bits per heavy atom. The summed E-state index contributed by atoms with van der Waals surface area (Å²) in [6.45, 7) is 0. The number of hydrogen-bond donors (Lipinski definition) is 2. The molecule has 0 atom stereocenters. The van der Waals surface area contributed by atoms with Gasteiger partial charge in [-0.25, -0.2) is 4.79 Å². The van der Waals surface area contributed by atoms with Crippen molar-refractivity contribution in [2.45, 2.75) is 0 Å². The van der Waals surface area contributed by atoms with Gasteiger partial charge in [0.15, 0.2) is 0 Å². The molecule has 3 aromatic rings. The normalized spacial score (nSPS) is 10.3. The van der Waals surface area contributed by atoms with Crippen LogP contribution in [0.2, 0.25) is 5.02 Å². The third kappa shape index (κ3) is 3.54. The minimum absolute atomic E-state index is 0.139. The maximum atomic E-state index is 12.7. The molecule has 0 aromatic heterocycles. The van der Waals surface area contributed by atoms with Gasteiger partial charge >= 0.3 is 5.97 Å². The van der Waals surface area contributed by atoms with Crippen molar-refractivity contribution >= 4 is 29.2 Å².